The molecule has 5 rings (SSSR count). The van der Waals surface area contributed by atoms with E-state index in [1.54, 1.807) is 36.1 Å². The van der Waals surface area contributed by atoms with Crippen molar-refractivity contribution < 1.29 is 27.8 Å². The first-order chi connectivity index (χ1) is 21.3. The number of rotatable bonds is 7. The summed E-state index contributed by atoms with van der Waals surface area (Å²) >= 11 is 1.29. The van der Waals surface area contributed by atoms with E-state index in [1.807, 2.05) is 25.1 Å². The first-order valence-electron chi connectivity index (χ1n) is 13.8. The molecule has 1 atom stereocenters. The van der Waals surface area contributed by atoms with Gasteiger partial charge >= 0.3 is 12.4 Å². The molecule has 0 saturated carbocycles. The molecule has 1 aliphatic heterocycles. The second-order valence-corrected chi connectivity index (χ2v) is 11.7. The van der Waals surface area contributed by atoms with Crippen molar-refractivity contribution in [3.8, 4) is 22.8 Å². The number of halogens is 3. The molecule has 1 aromatic heterocycles. The second-order valence-electron chi connectivity index (χ2n) is 10.8. The standard InChI is InChI=1S/C31H30F3N7O3S/c1-19(2)25-14-5-20(3)15-26(25)41-29(45-17-30(41,4)43)37-28(42)38-36-16-21-6-8-22(9-7-21)27-35-18-40(39-27)23-10-12-24(13-11-23)44-31(32,33)34/h5-16,18-19,43H,17H2,1-4H3,(H,38,42)/b36-16+,37-29?. The van der Waals surface area contributed by atoms with E-state index in [-0.39, 0.29) is 11.7 Å². The predicted octanol–water partition coefficient (Wildman–Crippen LogP) is 6.63. The first kappa shape index (κ1) is 31.7. The minimum Gasteiger partial charge on any atom is -0.406 e. The molecule has 0 bridgehead atoms. The van der Waals surface area contributed by atoms with Crippen LogP contribution in [-0.4, -0.2) is 55.1 Å². The number of carbonyl (C=O) groups is 1. The Morgan fingerprint density at radius 3 is 2.51 bits per heavy atom. The third-order valence-corrected chi connectivity index (χ3v) is 7.99. The fourth-order valence-electron chi connectivity index (χ4n) is 4.63. The number of nitrogens with one attached hydrogen (secondary N) is 1. The number of hydrogen-bond donors (Lipinski definition) is 2. The summed E-state index contributed by atoms with van der Waals surface area (Å²) in [5, 5.41) is 19.9. The van der Waals surface area contributed by atoms with Crippen molar-refractivity contribution >= 4 is 34.9 Å². The zero-order valence-electron chi connectivity index (χ0n) is 24.8. The summed E-state index contributed by atoms with van der Waals surface area (Å²) in [5.41, 5.74) is 5.94. The molecule has 4 aromatic rings. The Bertz CT molecular complexity index is 1730. The summed E-state index contributed by atoms with van der Waals surface area (Å²) in [6, 6.07) is 17.7. The van der Waals surface area contributed by atoms with E-state index in [9.17, 15) is 23.1 Å². The fourth-order valence-corrected chi connectivity index (χ4v) is 5.73. The summed E-state index contributed by atoms with van der Waals surface area (Å²) in [7, 11) is 0. The highest BCUT2D eigenvalue weighted by molar-refractivity contribution is 8.14. The van der Waals surface area contributed by atoms with Gasteiger partial charge in [0.15, 0.2) is 16.7 Å². The first-order valence-corrected chi connectivity index (χ1v) is 14.8. The SMILES string of the molecule is Cc1ccc(C(C)C)c(N2C(=NC(=O)N/N=C/c3ccc(-c4ncn(-c5ccc(OC(F)(F)F)cc5)n4)cc3)SCC2(C)O)c1. The highest BCUT2D eigenvalue weighted by Crippen LogP contribution is 2.40. The Hall–Kier alpha value is -4.69. The van der Waals surface area contributed by atoms with Gasteiger partial charge in [-0.2, -0.15) is 10.1 Å². The van der Waals surface area contributed by atoms with Gasteiger partial charge in [0.25, 0.3) is 0 Å². The average molecular weight is 638 g/mol. The smallest absolute Gasteiger partial charge is 0.406 e. The lowest BCUT2D eigenvalue weighted by molar-refractivity contribution is -0.274. The van der Waals surface area contributed by atoms with E-state index in [4.69, 9.17) is 0 Å². The van der Waals surface area contributed by atoms with Gasteiger partial charge in [-0.15, -0.1) is 18.3 Å². The van der Waals surface area contributed by atoms with E-state index in [0.717, 1.165) is 16.8 Å². The number of urea groups is 1. The summed E-state index contributed by atoms with van der Waals surface area (Å²) < 4.78 is 42.5. The minimum absolute atomic E-state index is 0.196. The van der Waals surface area contributed by atoms with Crippen LogP contribution in [0.25, 0.3) is 17.1 Å². The molecule has 3 aromatic carbocycles. The Kier molecular flexibility index (Phi) is 8.98. The maximum absolute atomic E-state index is 12.7. The quantitative estimate of drug-likeness (QED) is 0.173. The van der Waals surface area contributed by atoms with Crippen LogP contribution in [0.15, 0.2) is 83.2 Å². The number of aromatic nitrogens is 3. The van der Waals surface area contributed by atoms with Crippen molar-refractivity contribution in [2.75, 3.05) is 10.7 Å². The number of anilines is 1. The lowest BCUT2D eigenvalue weighted by Gasteiger charge is -2.33. The number of hydrazone groups is 1. The number of alkyl halides is 3. The van der Waals surface area contributed by atoms with Gasteiger partial charge in [-0.3, -0.25) is 4.90 Å². The van der Waals surface area contributed by atoms with Crippen LogP contribution in [0.1, 0.15) is 43.4 Å². The predicted molar refractivity (Wildman–Crippen MR) is 168 cm³/mol. The number of benzene rings is 3. The van der Waals surface area contributed by atoms with Gasteiger partial charge < -0.3 is 9.84 Å². The number of ether oxygens (including phenoxy) is 1. The normalized spacial score (nSPS) is 17.9. The van der Waals surface area contributed by atoms with Crippen molar-refractivity contribution in [3.63, 3.8) is 0 Å². The molecule has 0 aliphatic carbocycles. The number of aliphatic imine (C=N–C) groups is 1. The molecule has 0 spiro atoms. The molecule has 45 heavy (non-hydrogen) atoms. The minimum atomic E-state index is -4.77. The Morgan fingerprint density at radius 2 is 1.84 bits per heavy atom. The van der Waals surface area contributed by atoms with Crippen LogP contribution in [0.5, 0.6) is 5.75 Å². The molecular weight excluding hydrogens is 607 g/mol. The Morgan fingerprint density at radius 1 is 1.13 bits per heavy atom. The molecule has 1 aliphatic rings. The van der Waals surface area contributed by atoms with Crippen molar-refractivity contribution in [2.45, 2.75) is 45.7 Å². The van der Waals surface area contributed by atoms with Crippen LogP contribution in [-0.2, 0) is 0 Å². The molecule has 10 nitrogen and oxygen atoms in total. The van der Waals surface area contributed by atoms with Gasteiger partial charge in [0.05, 0.1) is 11.9 Å². The van der Waals surface area contributed by atoms with Crippen LogP contribution in [0.2, 0.25) is 0 Å². The molecule has 1 saturated heterocycles. The van der Waals surface area contributed by atoms with Crippen LogP contribution >= 0.6 is 11.8 Å². The number of thioether (sulfide) groups is 1. The number of nitrogens with zero attached hydrogens (tertiary/aromatic N) is 6. The number of amides is 2. The summed E-state index contributed by atoms with van der Waals surface area (Å²) in [5.74, 6) is 0.614. The molecular formula is C31H30F3N7O3S. The largest absolute Gasteiger partial charge is 0.573 e. The van der Waals surface area contributed by atoms with Crippen molar-refractivity contribution in [3.05, 3.63) is 89.7 Å². The number of hydrogen-bond acceptors (Lipinski definition) is 7. The third kappa shape index (κ3) is 7.70. The van der Waals surface area contributed by atoms with Gasteiger partial charge in [0, 0.05) is 17.0 Å². The zero-order valence-corrected chi connectivity index (χ0v) is 25.6. The summed E-state index contributed by atoms with van der Waals surface area (Å²) in [6.45, 7) is 7.82. The number of aliphatic hydroxyl groups is 1. The maximum atomic E-state index is 12.7. The van der Waals surface area contributed by atoms with Crippen LogP contribution < -0.4 is 15.1 Å². The van der Waals surface area contributed by atoms with Crippen molar-refractivity contribution in [2.24, 2.45) is 10.1 Å². The van der Waals surface area contributed by atoms with Crippen molar-refractivity contribution in [1.82, 2.24) is 20.2 Å². The highest BCUT2D eigenvalue weighted by atomic mass is 32.2. The number of carbonyl (C=O) groups excluding carboxylic acids is 1. The van der Waals surface area contributed by atoms with Gasteiger partial charge in [-0.1, -0.05) is 62.0 Å². The van der Waals surface area contributed by atoms with Crippen LogP contribution in [0.3, 0.4) is 0 Å². The summed E-state index contributed by atoms with van der Waals surface area (Å²) in [4.78, 5) is 22.9. The Balaban J connectivity index is 1.23. The van der Waals surface area contributed by atoms with E-state index < -0.39 is 18.1 Å². The maximum Gasteiger partial charge on any atom is 0.573 e. The molecule has 2 N–H and O–H groups in total. The van der Waals surface area contributed by atoms with Gasteiger partial charge in [-0.05, 0) is 66.8 Å². The summed E-state index contributed by atoms with van der Waals surface area (Å²) in [6.07, 6.45) is -1.85. The molecule has 2 amide bonds. The van der Waals surface area contributed by atoms with E-state index >= 15 is 0 Å². The molecule has 0 radical (unpaired) electrons. The van der Waals surface area contributed by atoms with E-state index in [1.165, 1.54) is 53.3 Å². The monoisotopic (exact) mass is 637 g/mol. The van der Waals surface area contributed by atoms with E-state index in [0.29, 0.717) is 33.6 Å². The molecule has 1 unspecified atom stereocenters. The molecule has 2 heterocycles. The van der Waals surface area contributed by atoms with Gasteiger partial charge in [0.1, 0.15) is 12.1 Å². The lowest BCUT2D eigenvalue weighted by atomic mass is 9.98. The fraction of sp³-hybridized carbons (Fsp3) is 0.258. The van der Waals surface area contributed by atoms with Crippen LogP contribution in [0, 0.1) is 6.92 Å². The topological polar surface area (TPSA) is 117 Å². The number of aryl methyl sites for hydroxylation is 1. The second kappa shape index (κ2) is 12.7. The average Bonchev–Trinajstić information content (AvgIpc) is 3.57. The molecule has 234 valence electrons. The van der Waals surface area contributed by atoms with E-state index in [2.05, 4.69) is 44.2 Å². The molecule has 14 heteroatoms. The number of amidine groups is 1. The lowest BCUT2D eigenvalue weighted by Crippen LogP contribution is -2.46. The third-order valence-electron chi connectivity index (χ3n) is 6.76. The highest BCUT2D eigenvalue weighted by Gasteiger charge is 2.42. The van der Waals surface area contributed by atoms with Gasteiger partial charge in [0.2, 0.25) is 0 Å². The molecule has 1 fully saturated rings. The Labute approximate surface area is 261 Å². The van der Waals surface area contributed by atoms with Crippen molar-refractivity contribution in [1.29, 1.82) is 0 Å². The van der Waals surface area contributed by atoms with Gasteiger partial charge in [-0.25, -0.2) is 19.9 Å². The van der Waals surface area contributed by atoms with Crippen LogP contribution in [0.4, 0.5) is 23.7 Å². The zero-order chi connectivity index (χ0) is 32.4.